The van der Waals surface area contributed by atoms with Crippen molar-refractivity contribution in [3.63, 3.8) is 0 Å². The molecule has 0 radical (unpaired) electrons. The smallest absolute Gasteiger partial charge is 0.161 e. The molecule has 0 fully saturated rings. The van der Waals surface area contributed by atoms with Crippen molar-refractivity contribution in [2.24, 2.45) is 5.73 Å². The Kier molecular flexibility index (Phi) is 3.50. The summed E-state index contributed by atoms with van der Waals surface area (Å²) in [4.78, 5) is 1.03. The van der Waals surface area contributed by atoms with Gasteiger partial charge < -0.3 is 5.73 Å². The number of nitrogens with two attached hydrogens (primary N) is 1. The summed E-state index contributed by atoms with van der Waals surface area (Å²) < 4.78 is 4.03. The second-order valence-corrected chi connectivity index (χ2v) is 6.56. The first-order valence-corrected chi connectivity index (χ1v) is 6.97. The quantitative estimate of drug-likeness (QED) is 0.920. The van der Waals surface area contributed by atoms with Crippen LogP contribution in [-0.2, 0) is 11.8 Å². The number of rotatable bonds is 3. The average molecular weight is 269 g/mol. The van der Waals surface area contributed by atoms with Crippen molar-refractivity contribution in [3.8, 4) is 9.88 Å². The van der Waals surface area contributed by atoms with E-state index in [1.54, 1.807) is 11.3 Å². The van der Waals surface area contributed by atoms with E-state index in [0.717, 1.165) is 27.0 Å². The zero-order chi connectivity index (χ0) is 12.5. The summed E-state index contributed by atoms with van der Waals surface area (Å²) in [5.41, 5.74) is 6.46. The molecule has 2 N–H and O–H groups in total. The molecule has 0 atom stereocenters. The third-order valence-electron chi connectivity index (χ3n) is 2.22. The lowest BCUT2D eigenvalue weighted by Gasteiger charge is -2.15. The van der Waals surface area contributed by atoms with Crippen LogP contribution in [-0.4, -0.2) is 26.3 Å². The van der Waals surface area contributed by atoms with Crippen LogP contribution in [0.15, 0.2) is 0 Å². The molecule has 7 heteroatoms. The van der Waals surface area contributed by atoms with Crippen molar-refractivity contribution in [1.82, 2.24) is 19.8 Å². The van der Waals surface area contributed by atoms with Gasteiger partial charge in [-0.05, 0) is 18.1 Å². The van der Waals surface area contributed by atoms with E-state index >= 15 is 0 Å². The largest absolute Gasteiger partial charge is 0.330 e. The molecule has 0 aromatic carbocycles. The van der Waals surface area contributed by atoms with Gasteiger partial charge in [0.1, 0.15) is 9.88 Å². The molecule has 2 rings (SSSR count). The molecule has 5 nitrogen and oxygen atoms in total. The molecular weight excluding hydrogens is 254 g/mol. The highest BCUT2D eigenvalue weighted by Crippen LogP contribution is 2.35. The number of hydrogen-bond acceptors (Lipinski definition) is 7. The van der Waals surface area contributed by atoms with Gasteiger partial charge in [0.15, 0.2) is 5.01 Å². The number of nitrogens with zero attached hydrogens (tertiary/aromatic N) is 4. The van der Waals surface area contributed by atoms with Crippen LogP contribution in [0.2, 0.25) is 0 Å². The van der Waals surface area contributed by atoms with E-state index in [2.05, 4.69) is 40.6 Å². The Hall–Kier alpha value is -0.920. The third kappa shape index (κ3) is 2.67. The lowest BCUT2D eigenvalue weighted by Crippen LogP contribution is -2.12. The number of aromatic nitrogens is 4. The molecule has 92 valence electrons. The van der Waals surface area contributed by atoms with Gasteiger partial charge in [0, 0.05) is 11.8 Å². The molecule has 2 aromatic rings. The van der Waals surface area contributed by atoms with Gasteiger partial charge in [0.2, 0.25) is 0 Å². The predicted octanol–water partition coefficient (Wildman–Crippen LogP) is 1.86. The van der Waals surface area contributed by atoms with Crippen molar-refractivity contribution >= 4 is 22.9 Å². The van der Waals surface area contributed by atoms with E-state index in [-0.39, 0.29) is 5.41 Å². The van der Waals surface area contributed by atoms with E-state index in [1.807, 2.05) is 0 Å². The zero-order valence-electron chi connectivity index (χ0n) is 10.1. The Morgan fingerprint density at radius 1 is 1.18 bits per heavy atom. The van der Waals surface area contributed by atoms with Crippen LogP contribution in [0.1, 0.15) is 31.5 Å². The molecular formula is C10H15N5S2. The Balaban J connectivity index is 2.36. The Morgan fingerprint density at radius 2 is 1.94 bits per heavy atom. The fraction of sp³-hybridized carbons (Fsp3) is 0.600. The van der Waals surface area contributed by atoms with E-state index in [1.165, 1.54) is 11.5 Å². The van der Waals surface area contributed by atoms with Gasteiger partial charge in [-0.3, -0.25) is 0 Å². The lowest BCUT2D eigenvalue weighted by molar-refractivity contribution is 0.568. The minimum Gasteiger partial charge on any atom is -0.330 e. The van der Waals surface area contributed by atoms with Gasteiger partial charge in [-0.1, -0.05) is 36.6 Å². The summed E-state index contributed by atoms with van der Waals surface area (Å²) in [6.07, 6.45) is 0.773. The summed E-state index contributed by atoms with van der Waals surface area (Å²) in [6.45, 7) is 6.96. The molecule has 0 unspecified atom stereocenters. The van der Waals surface area contributed by atoms with Crippen LogP contribution in [0, 0.1) is 0 Å². The molecule has 2 heterocycles. The fourth-order valence-corrected chi connectivity index (χ4v) is 3.18. The van der Waals surface area contributed by atoms with Crippen LogP contribution in [0.5, 0.6) is 0 Å². The molecule has 0 bridgehead atoms. The average Bonchev–Trinajstić information content (AvgIpc) is 2.82. The predicted molar refractivity (Wildman–Crippen MR) is 70.3 cm³/mol. The van der Waals surface area contributed by atoms with Gasteiger partial charge in [0.25, 0.3) is 0 Å². The first kappa shape index (κ1) is 12.5. The van der Waals surface area contributed by atoms with Crippen LogP contribution < -0.4 is 5.73 Å². The summed E-state index contributed by atoms with van der Waals surface area (Å²) in [5, 5.41) is 14.4. The van der Waals surface area contributed by atoms with Gasteiger partial charge >= 0.3 is 0 Å². The van der Waals surface area contributed by atoms with Crippen molar-refractivity contribution < 1.29 is 0 Å². The summed E-state index contributed by atoms with van der Waals surface area (Å²) in [7, 11) is 0. The van der Waals surface area contributed by atoms with E-state index in [9.17, 15) is 0 Å². The zero-order valence-corrected chi connectivity index (χ0v) is 11.7. The minimum atomic E-state index is -0.0258. The first-order chi connectivity index (χ1) is 8.02. The fourth-order valence-electron chi connectivity index (χ4n) is 1.39. The molecule has 0 aliphatic carbocycles. The standard InChI is InChI=1S/C10H15N5S2/c1-10(2,3)8-7(17-15-13-8)9-14-12-6(16-9)4-5-11/h4-5,11H2,1-3H3. The molecule has 0 amide bonds. The van der Waals surface area contributed by atoms with Gasteiger partial charge in [-0.2, -0.15) is 0 Å². The molecule has 0 spiro atoms. The van der Waals surface area contributed by atoms with Crippen LogP contribution in [0.3, 0.4) is 0 Å². The van der Waals surface area contributed by atoms with Crippen LogP contribution >= 0.6 is 22.9 Å². The van der Waals surface area contributed by atoms with Crippen LogP contribution in [0.4, 0.5) is 0 Å². The maximum Gasteiger partial charge on any atom is 0.161 e. The minimum absolute atomic E-state index is 0.0258. The Morgan fingerprint density at radius 3 is 2.59 bits per heavy atom. The molecule has 0 saturated heterocycles. The molecule has 0 aliphatic rings. The van der Waals surface area contributed by atoms with Crippen molar-refractivity contribution in [1.29, 1.82) is 0 Å². The number of hydrogen-bond donors (Lipinski definition) is 1. The van der Waals surface area contributed by atoms with E-state index in [0.29, 0.717) is 6.54 Å². The van der Waals surface area contributed by atoms with Gasteiger partial charge in [0.05, 0.1) is 5.69 Å². The SMILES string of the molecule is CC(C)(C)c1nnsc1-c1nnc(CCN)s1. The second kappa shape index (κ2) is 4.75. The molecule has 2 aromatic heterocycles. The first-order valence-electron chi connectivity index (χ1n) is 5.38. The highest BCUT2D eigenvalue weighted by atomic mass is 32.1. The van der Waals surface area contributed by atoms with Crippen LogP contribution in [0.25, 0.3) is 9.88 Å². The lowest BCUT2D eigenvalue weighted by atomic mass is 9.91. The highest BCUT2D eigenvalue weighted by molar-refractivity contribution is 7.19. The second-order valence-electron chi connectivity index (χ2n) is 4.74. The maximum atomic E-state index is 5.50. The van der Waals surface area contributed by atoms with Crippen molar-refractivity contribution in [3.05, 3.63) is 10.7 Å². The molecule has 0 aliphatic heterocycles. The van der Waals surface area contributed by atoms with Gasteiger partial charge in [-0.15, -0.1) is 15.3 Å². The van der Waals surface area contributed by atoms with Gasteiger partial charge in [-0.25, -0.2) is 0 Å². The maximum absolute atomic E-state index is 5.50. The Labute approximate surface area is 108 Å². The van der Waals surface area contributed by atoms with E-state index < -0.39 is 0 Å². The van der Waals surface area contributed by atoms with E-state index in [4.69, 9.17) is 5.73 Å². The highest BCUT2D eigenvalue weighted by Gasteiger charge is 2.25. The Bertz CT molecular complexity index is 497. The molecule has 17 heavy (non-hydrogen) atoms. The van der Waals surface area contributed by atoms with Crippen molar-refractivity contribution in [2.45, 2.75) is 32.6 Å². The topological polar surface area (TPSA) is 77.6 Å². The normalized spacial score (nSPS) is 12.0. The summed E-state index contributed by atoms with van der Waals surface area (Å²) in [6, 6.07) is 0. The summed E-state index contributed by atoms with van der Waals surface area (Å²) in [5.74, 6) is 0. The monoisotopic (exact) mass is 269 g/mol. The molecule has 0 saturated carbocycles. The van der Waals surface area contributed by atoms with Crippen molar-refractivity contribution in [2.75, 3.05) is 6.54 Å². The summed E-state index contributed by atoms with van der Waals surface area (Å²) >= 11 is 2.95. The third-order valence-corrected chi connectivity index (χ3v) is 4.08.